The summed E-state index contributed by atoms with van der Waals surface area (Å²) >= 11 is 0. The van der Waals surface area contributed by atoms with E-state index in [-0.39, 0.29) is 0 Å². The van der Waals surface area contributed by atoms with E-state index in [1.54, 1.807) is 6.07 Å². The van der Waals surface area contributed by atoms with Crippen molar-refractivity contribution in [2.24, 2.45) is 0 Å². The van der Waals surface area contributed by atoms with Gasteiger partial charge in [0.05, 0.1) is 0 Å². The normalized spacial score (nSPS) is 9.41. The molecule has 0 atom stereocenters. The van der Waals surface area contributed by atoms with Gasteiger partial charge >= 0.3 is 0 Å². The lowest BCUT2D eigenvalue weighted by Gasteiger charge is -1.97. The molecular weight excluding hydrogens is 208 g/mol. The quantitative estimate of drug-likeness (QED) is 0.712. The van der Waals surface area contributed by atoms with Crippen LogP contribution in [0, 0.1) is 27.7 Å². The minimum atomic E-state index is 0.384. The number of benzene rings is 2. The van der Waals surface area contributed by atoms with Gasteiger partial charge in [-0.15, -0.1) is 0 Å². The lowest BCUT2D eigenvalue weighted by Crippen LogP contribution is -1.74. The van der Waals surface area contributed by atoms with Gasteiger partial charge in [-0.25, -0.2) is 0 Å². The molecule has 0 aliphatic rings. The molecule has 0 unspecified atom stereocenters. The number of hydrogen-bond acceptors (Lipinski definition) is 1. The van der Waals surface area contributed by atoms with Crippen molar-refractivity contribution in [1.29, 1.82) is 0 Å². The number of aromatic hydroxyl groups is 1. The number of phenols is 1. The van der Waals surface area contributed by atoms with E-state index in [2.05, 4.69) is 38.1 Å². The summed E-state index contributed by atoms with van der Waals surface area (Å²) in [7, 11) is 0. The lowest BCUT2D eigenvalue weighted by atomic mass is 10.1. The van der Waals surface area contributed by atoms with Crippen LogP contribution in [0.1, 0.15) is 22.3 Å². The molecular formula is C16H20O. The highest BCUT2D eigenvalue weighted by molar-refractivity contribution is 5.34. The Labute approximate surface area is 104 Å². The van der Waals surface area contributed by atoms with E-state index >= 15 is 0 Å². The molecule has 0 saturated heterocycles. The first-order valence-electron chi connectivity index (χ1n) is 5.78. The zero-order valence-corrected chi connectivity index (χ0v) is 11.0. The van der Waals surface area contributed by atoms with Crippen LogP contribution < -0.4 is 0 Å². The van der Waals surface area contributed by atoms with Crippen molar-refractivity contribution < 1.29 is 5.11 Å². The summed E-state index contributed by atoms with van der Waals surface area (Å²) in [6, 6.07) is 14.1. The summed E-state index contributed by atoms with van der Waals surface area (Å²) < 4.78 is 0. The molecule has 0 saturated carbocycles. The zero-order valence-electron chi connectivity index (χ0n) is 11.0. The molecule has 2 rings (SSSR count). The Bertz CT molecular complexity index is 448. The lowest BCUT2D eigenvalue weighted by molar-refractivity contribution is 0.470. The van der Waals surface area contributed by atoms with Crippen molar-refractivity contribution in [1.82, 2.24) is 0 Å². The molecule has 1 heteroatoms. The first kappa shape index (κ1) is 13.3. The molecule has 0 bridgehead atoms. The molecule has 0 radical (unpaired) electrons. The minimum absolute atomic E-state index is 0.384. The summed E-state index contributed by atoms with van der Waals surface area (Å²) in [6.45, 7) is 8.03. The summed E-state index contributed by atoms with van der Waals surface area (Å²) in [5.41, 5.74) is 4.69. The average molecular weight is 228 g/mol. The molecule has 0 amide bonds. The Balaban J connectivity index is 0.000000171. The van der Waals surface area contributed by atoms with E-state index in [0.29, 0.717) is 5.75 Å². The number of aryl methyl sites for hydroxylation is 4. The molecule has 0 spiro atoms. The third-order valence-corrected chi connectivity index (χ3v) is 2.58. The number of phenolic OH excluding ortho intramolecular Hbond substituents is 1. The molecule has 17 heavy (non-hydrogen) atoms. The van der Waals surface area contributed by atoms with Crippen LogP contribution in [0.3, 0.4) is 0 Å². The van der Waals surface area contributed by atoms with Gasteiger partial charge in [-0.1, -0.05) is 47.5 Å². The van der Waals surface area contributed by atoms with Crippen molar-refractivity contribution in [2.75, 3.05) is 0 Å². The largest absolute Gasteiger partial charge is 0.508 e. The van der Waals surface area contributed by atoms with Gasteiger partial charge in [-0.05, 0) is 44.9 Å². The Kier molecular flexibility index (Phi) is 4.77. The molecule has 2 aromatic rings. The summed E-state index contributed by atoms with van der Waals surface area (Å²) in [6.07, 6.45) is 0. The maximum absolute atomic E-state index is 9.10. The van der Waals surface area contributed by atoms with E-state index < -0.39 is 0 Å². The Morgan fingerprint density at radius 2 is 1.06 bits per heavy atom. The predicted octanol–water partition coefficient (Wildman–Crippen LogP) is 4.31. The minimum Gasteiger partial charge on any atom is -0.508 e. The molecule has 0 aromatic heterocycles. The van der Waals surface area contributed by atoms with E-state index in [1.165, 1.54) is 11.1 Å². The summed E-state index contributed by atoms with van der Waals surface area (Å²) in [4.78, 5) is 0. The maximum Gasteiger partial charge on any atom is 0.118 e. The fourth-order valence-corrected chi connectivity index (χ4v) is 1.36. The Morgan fingerprint density at radius 1 is 0.647 bits per heavy atom. The van der Waals surface area contributed by atoms with Gasteiger partial charge in [0.15, 0.2) is 0 Å². The van der Waals surface area contributed by atoms with Crippen molar-refractivity contribution in [3.8, 4) is 5.75 Å². The van der Waals surface area contributed by atoms with Gasteiger partial charge in [0.2, 0.25) is 0 Å². The van der Waals surface area contributed by atoms with Crippen LogP contribution in [0.25, 0.3) is 0 Å². The fraction of sp³-hybridized carbons (Fsp3) is 0.250. The van der Waals surface area contributed by atoms with E-state index in [0.717, 1.165) is 11.1 Å². The SMILES string of the molecule is Cc1ccc(C)c(O)c1.Cc1ccc(C)cc1. The molecule has 2 aromatic carbocycles. The van der Waals surface area contributed by atoms with Crippen LogP contribution in [-0.2, 0) is 0 Å². The zero-order chi connectivity index (χ0) is 12.8. The standard InChI is InChI=1S/C8H10O.C8H10/c1-6-3-4-7(2)8(9)5-6;1-7-3-5-8(2)6-4-7/h3-5,9H,1-2H3;3-6H,1-2H3. The van der Waals surface area contributed by atoms with E-state index in [9.17, 15) is 0 Å². The van der Waals surface area contributed by atoms with Crippen molar-refractivity contribution in [3.05, 3.63) is 64.7 Å². The average Bonchev–Trinajstić information content (AvgIpc) is 2.29. The van der Waals surface area contributed by atoms with Gasteiger partial charge in [0.25, 0.3) is 0 Å². The molecule has 0 aliphatic heterocycles. The highest BCUT2D eigenvalue weighted by atomic mass is 16.3. The van der Waals surface area contributed by atoms with Crippen molar-refractivity contribution in [2.45, 2.75) is 27.7 Å². The highest BCUT2D eigenvalue weighted by Crippen LogP contribution is 2.15. The van der Waals surface area contributed by atoms with Gasteiger partial charge < -0.3 is 5.11 Å². The molecule has 1 N–H and O–H groups in total. The molecule has 1 nitrogen and oxygen atoms in total. The first-order valence-corrected chi connectivity index (χ1v) is 5.78. The van der Waals surface area contributed by atoms with Gasteiger partial charge in [-0.3, -0.25) is 0 Å². The first-order chi connectivity index (χ1) is 7.99. The molecule has 0 aliphatic carbocycles. The van der Waals surface area contributed by atoms with Crippen LogP contribution >= 0.6 is 0 Å². The van der Waals surface area contributed by atoms with Crippen LogP contribution in [-0.4, -0.2) is 5.11 Å². The Morgan fingerprint density at radius 3 is 1.41 bits per heavy atom. The second-order valence-corrected chi connectivity index (χ2v) is 4.44. The van der Waals surface area contributed by atoms with Gasteiger partial charge in [0.1, 0.15) is 5.75 Å². The molecule has 0 heterocycles. The summed E-state index contributed by atoms with van der Waals surface area (Å²) in [5.74, 6) is 0.384. The smallest absolute Gasteiger partial charge is 0.118 e. The van der Waals surface area contributed by atoms with Crippen molar-refractivity contribution in [3.63, 3.8) is 0 Å². The van der Waals surface area contributed by atoms with Gasteiger partial charge in [0, 0.05) is 0 Å². The molecule has 0 fully saturated rings. The highest BCUT2D eigenvalue weighted by Gasteiger charge is 1.91. The van der Waals surface area contributed by atoms with Crippen LogP contribution in [0.2, 0.25) is 0 Å². The van der Waals surface area contributed by atoms with Crippen LogP contribution in [0.15, 0.2) is 42.5 Å². The number of hydrogen-bond donors (Lipinski definition) is 1. The topological polar surface area (TPSA) is 20.2 Å². The van der Waals surface area contributed by atoms with Crippen LogP contribution in [0.4, 0.5) is 0 Å². The van der Waals surface area contributed by atoms with E-state index in [1.807, 2.05) is 26.0 Å². The van der Waals surface area contributed by atoms with E-state index in [4.69, 9.17) is 5.11 Å². The second-order valence-electron chi connectivity index (χ2n) is 4.44. The Hall–Kier alpha value is -1.76. The molecule has 90 valence electrons. The fourth-order valence-electron chi connectivity index (χ4n) is 1.36. The van der Waals surface area contributed by atoms with Gasteiger partial charge in [-0.2, -0.15) is 0 Å². The summed E-state index contributed by atoms with van der Waals surface area (Å²) in [5, 5.41) is 9.10. The number of rotatable bonds is 0. The maximum atomic E-state index is 9.10. The monoisotopic (exact) mass is 228 g/mol. The predicted molar refractivity (Wildman–Crippen MR) is 73.5 cm³/mol. The second kappa shape index (κ2) is 6.09. The third kappa shape index (κ3) is 4.73. The van der Waals surface area contributed by atoms with Crippen molar-refractivity contribution >= 4 is 0 Å². The third-order valence-electron chi connectivity index (χ3n) is 2.58. The van der Waals surface area contributed by atoms with Crippen LogP contribution in [0.5, 0.6) is 5.75 Å².